The fraction of sp³-hybridized carbons (Fsp3) is 0.111. The summed E-state index contributed by atoms with van der Waals surface area (Å²) in [5.41, 5.74) is 1.01. The van der Waals surface area contributed by atoms with Crippen molar-refractivity contribution in [3.63, 3.8) is 0 Å². The molecular formula is C9H7IO. The van der Waals surface area contributed by atoms with Crippen molar-refractivity contribution >= 4 is 22.6 Å². The van der Waals surface area contributed by atoms with Crippen LogP contribution in [0.2, 0.25) is 0 Å². The van der Waals surface area contributed by atoms with Gasteiger partial charge >= 0.3 is 0 Å². The molecule has 1 nitrogen and oxygen atoms in total. The molecule has 0 heterocycles. The predicted molar refractivity (Wildman–Crippen MR) is 53.9 cm³/mol. The van der Waals surface area contributed by atoms with E-state index in [-0.39, 0.29) is 0 Å². The van der Waals surface area contributed by atoms with Crippen LogP contribution in [0.3, 0.4) is 0 Å². The fourth-order valence-electron chi connectivity index (χ4n) is 0.729. The van der Waals surface area contributed by atoms with Gasteiger partial charge in [0, 0.05) is 28.2 Å². The largest absolute Gasteiger partial charge is 0.497 e. The quantitative estimate of drug-likeness (QED) is 0.555. The van der Waals surface area contributed by atoms with Crippen LogP contribution in [0.15, 0.2) is 24.3 Å². The average Bonchev–Trinajstić information content (AvgIpc) is 2.07. The maximum Gasteiger partial charge on any atom is 0.118 e. The van der Waals surface area contributed by atoms with Crippen LogP contribution in [-0.2, 0) is 0 Å². The summed E-state index contributed by atoms with van der Waals surface area (Å²) >= 11 is 2.02. The highest BCUT2D eigenvalue weighted by molar-refractivity contribution is 14.1. The summed E-state index contributed by atoms with van der Waals surface area (Å²) in [6.07, 6.45) is 0. The minimum absolute atomic E-state index is 0.865. The van der Waals surface area contributed by atoms with Crippen molar-refractivity contribution in [2.45, 2.75) is 0 Å². The molecule has 0 bridgehead atoms. The molecule has 0 saturated carbocycles. The Kier molecular flexibility index (Phi) is 3.24. The lowest BCUT2D eigenvalue weighted by Gasteiger charge is -1.96. The van der Waals surface area contributed by atoms with Gasteiger partial charge < -0.3 is 4.74 Å². The van der Waals surface area contributed by atoms with Gasteiger partial charge in [-0.1, -0.05) is 5.92 Å². The van der Waals surface area contributed by atoms with Crippen molar-refractivity contribution in [1.29, 1.82) is 0 Å². The van der Waals surface area contributed by atoms with E-state index >= 15 is 0 Å². The Morgan fingerprint density at radius 2 is 1.91 bits per heavy atom. The first-order valence-corrected chi connectivity index (χ1v) is 4.20. The summed E-state index contributed by atoms with van der Waals surface area (Å²) in [6.45, 7) is 0. The number of halogens is 1. The van der Waals surface area contributed by atoms with Crippen molar-refractivity contribution in [2.24, 2.45) is 0 Å². The second-order valence-electron chi connectivity index (χ2n) is 1.95. The zero-order valence-corrected chi connectivity index (χ0v) is 8.25. The summed E-state index contributed by atoms with van der Waals surface area (Å²) < 4.78 is 7.80. The molecule has 1 aromatic rings. The molecule has 0 amide bonds. The normalized spacial score (nSPS) is 8.18. The molecule has 0 atom stereocenters. The highest BCUT2D eigenvalue weighted by Crippen LogP contribution is 2.10. The third kappa shape index (κ3) is 2.43. The Hall–Kier alpha value is -0.690. The minimum atomic E-state index is 0.865. The number of rotatable bonds is 1. The molecule has 0 spiro atoms. The van der Waals surface area contributed by atoms with Crippen LogP contribution in [0.5, 0.6) is 5.75 Å². The Bertz CT molecular complexity index is 279. The number of ether oxygens (including phenoxy) is 1. The smallest absolute Gasteiger partial charge is 0.118 e. The van der Waals surface area contributed by atoms with Crippen LogP contribution < -0.4 is 4.74 Å². The molecule has 0 N–H and O–H groups in total. The van der Waals surface area contributed by atoms with Crippen LogP contribution in [0.4, 0.5) is 0 Å². The molecule has 56 valence electrons. The molecule has 11 heavy (non-hydrogen) atoms. The number of methoxy groups -OCH3 is 1. The maximum atomic E-state index is 5.00. The average molecular weight is 258 g/mol. The van der Waals surface area contributed by atoms with E-state index in [0.717, 1.165) is 11.3 Å². The lowest BCUT2D eigenvalue weighted by Crippen LogP contribution is -1.81. The SMILES string of the molecule is COc1ccc(C#CI)cc1. The van der Waals surface area contributed by atoms with Crippen molar-refractivity contribution in [1.82, 2.24) is 0 Å². The number of hydrogen-bond donors (Lipinski definition) is 0. The second-order valence-corrected chi connectivity index (χ2v) is 2.49. The van der Waals surface area contributed by atoms with Gasteiger partial charge in [-0.05, 0) is 28.2 Å². The van der Waals surface area contributed by atoms with Crippen molar-refractivity contribution in [2.75, 3.05) is 7.11 Å². The molecule has 1 aromatic carbocycles. The zero-order chi connectivity index (χ0) is 8.10. The molecule has 0 radical (unpaired) electrons. The summed E-state index contributed by atoms with van der Waals surface area (Å²) in [6, 6.07) is 7.67. The first-order valence-electron chi connectivity index (χ1n) is 3.12. The van der Waals surface area contributed by atoms with Gasteiger partial charge in [0.15, 0.2) is 0 Å². The summed E-state index contributed by atoms with van der Waals surface area (Å²) in [5.74, 6) is 3.80. The lowest BCUT2D eigenvalue weighted by molar-refractivity contribution is 0.415. The van der Waals surface area contributed by atoms with E-state index in [0.29, 0.717) is 0 Å². The van der Waals surface area contributed by atoms with E-state index in [1.165, 1.54) is 0 Å². The summed E-state index contributed by atoms with van der Waals surface area (Å²) in [7, 11) is 1.65. The van der Waals surface area contributed by atoms with Crippen LogP contribution >= 0.6 is 22.6 Å². The molecule has 1 rings (SSSR count). The Labute approximate surface area is 79.9 Å². The van der Waals surface area contributed by atoms with Crippen LogP contribution in [0, 0.1) is 9.85 Å². The van der Waals surface area contributed by atoms with Gasteiger partial charge in [0.05, 0.1) is 7.11 Å². The third-order valence-corrected chi connectivity index (χ3v) is 1.55. The van der Waals surface area contributed by atoms with Gasteiger partial charge in [0.25, 0.3) is 0 Å². The van der Waals surface area contributed by atoms with Gasteiger partial charge in [0.1, 0.15) is 5.75 Å². The molecule has 0 unspecified atom stereocenters. The van der Waals surface area contributed by atoms with E-state index in [1.807, 2.05) is 46.9 Å². The van der Waals surface area contributed by atoms with Crippen LogP contribution in [0.25, 0.3) is 0 Å². The molecule has 0 aliphatic heterocycles. The molecule has 0 fully saturated rings. The summed E-state index contributed by atoms with van der Waals surface area (Å²) in [5, 5.41) is 0. The van der Waals surface area contributed by atoms with Gasteiger partial charge in [0.2, 0.25) is 0 Å². The van der Waals surface area contributed by atoms with Crippen LogP contribution in [-0.4, -0.2) is 7.11 Å². The molecule has 0 aliphatic carbocycles. The van der Waals surface area contributed by atoms with E-state index in [1.54, 1.807) is 7.11 Å². The molecular weight excluding hydrogens is 251 g/mol. The van der Waals surface area contributed by atoms with Crippen molar-refractivity contribution < 1.29 is 4.74 Å². The van der Waals surface area contributed by atoms with Crippen molar-refractivity contribution in [3.8, 4) is 15.6 Å². The van der Waals surface area contributed by atoms with E-state index in [2.05, 4.69) is 9.85 Å². The first kappa shape index (κ1) is 8.41. The lowest BCUT2D eigenvalue weighted by atomic mass is 10.2. The number of benzene rings is 1. The standard InChI is InChI=1S/C9H7IO/c1-11-9-4-2-8(3-5-9)6-7-10/h2-5H,1H3. The molecule has 0 saturated heterocycles. The van der Waals surface area contributed by atoms with Gasteiger partial charge in [-0.3, -0.25) is 0 Å². The van der Waals surface area contributed by atoms with Crippen LogP contribution in [0.1, 0.15) is 5.56 Å². The van der Waals surface area contributed by atoms with E-state index in [9.17, 15) is 0 Å². The maximum absolute atomic E-state index is 5.00. The second kappa shape index (κ2) is 4.24. The third-order valence-electron chi connectivity index (χ3n) is 1.28. The van der Waals surface area contributed by atoms with Gasteiger partial charge in [-0.25, -0.2) is 0 Å². The monoisotopic (exact) mass is 258 g/mol. The zero-order valence-electron chi connectivity index (χ0n) is 6.10. The van der Waals surface area contributed by atoms with E-state index < -0.39 is 0 Å². The Morgan fingerprint density at radius 3 is 2.36 bits per heavy atom. The fourth-order valence-corrected chi connectivity index (χ4v) is 1.04. The predicted octanol–water partition coefficient (Wildman–Crippen LogP) is 2.44. The molecule has 2 heteroatoms. The minimum Gasteiger partial charge on any atom is -0.497 e. The van der Waals surface area contributed by atoms with Gasteiger partial charge in [-0.2, -0.15) is 0 Å². The first-order chi connectivity index (χ1) is 5.36. The molecule has 0 aliphatic rings. The van der Waals surface area contributed by atoms with E-state index in [4.69, 9.17) is 4.74 Å². The van der Waals surface area contributed by atoms with Gasteiger partial charge in [-0.15, -0.1) is 0 Å². The summed E-state index contributed by atoms with van der Waals surface area (Å²) in [4.78, 5) is 0. The Balaban J connectivity index is 2.88. The van der Waals surface area contributed by atoms with Crippen molar-refractivity contribution in [3.05, 3.63) is 29.8 Å². The topological polar surface area (TPSA) is 9.23 Å². The highest BCUT2D eigenvalue weighted by atomic mass is 127. The highest BCUT2D eigenvalue weighted by Gasteiger charge is 1.88. The number of hydrogen-bond acceptors (Lipinski definition) is 1. The molecule has 0 aromatic heterocycles. The Morgan fingerprint density at radius 1 is 1.27 bits per heavy atom.